The highest BCUT2D eigenvalue weighted by atomic mass is 35.5. The maximum absolute atomic E-state index is 13.5. The van der Waals surface area contributed by atoms with Gasteiger partial charge in [0.05, 0.1) is 28.6 Å². The van der Waals surface area contributed by atoms with Crippen LogP contribution in [0, 0.1) is 6.92 Å². The van der Waals surface area contributed by atoms with Gasteiger partial charge in [-0.3, -0.25) is 5.01 Å². The molecule has 4 rings (SSSR count). The summed E-state index contributed by atoms with van der Waals surface area (Å²) in [5.74, 6) is 6.63. The number of hydrazine groups is 1. The summed E-state index contributed by atoms with van der Waals surface area (Å²) in [6, 6.07) is 14.5. The number of hydrogen-bond donors (Lipinski definition) is 3. The van der Waals surface area contributed by atoms with Crippen LogP contribution < -0.4 is 16.6 Å². The third-order valence-corrected chi connectivity index (χ3v) is 8.27. The molecule has 0 aliphatic heterocycles. The van der Waals surface area contributed by atoms with Gasteiger partial charge < -0.3 is 15.4 Å². The van der Waals surface area contributed by atoms with Crippen molar-refractivity contribution in [3.63, 3.8) is 0 Å². The molecule has 0 bridgehead atoms. The van der Waals surface area contributed by atoms with Gasteiger partial charge in [0, 0.05) is 40.7 Å². The minimum absolute atomic E-state index is 0.0243. The van der Waals surface area contributed by atoms with Crippen LogP contribution in [0.4, 0.5) is 18.9 Å². The molecule has 5 N–H and O–H groups in total. The number of hydrogen-bond acceptors (Lipinski definition) is 7. The summed E-state index contributed by atoms with van der Waals surface area (Å²) >= 11 is 12.3. The number of alkyl halides is 3. The van der Waals surface area contributed by atoms with Gasteiger partial charge in [0.2, 0.25) is 0 Å². The van der Waals surface area contributed by atoms with Gasteiger partial charge in [-0.15, -0.1) is 0 Å². The Morgan fingerprint density at radius 2 is 1.76 bits per heavy atom. The number of rotatable bonds is 8. The fraction of sp³-hybridized carbons (Fsp3) is 0.179. The molecule has 0 radical (unpaired) electrons. The van der Waals surface area contributed by atoms with E-state index >= 15 is 0 Å². The summed E-state index contributed by atoms with van der Waals surface area (Å²) in [6.07, 6.45) is -1.29. The van der Waals surface area contributed by atoms with Gasteiger partial charge in [-0.2, -0.15) is 13.2 Å². The van der Waals surface area contributed by atoms with Gasteiger partial charge in [0.25, 0.3) is 0 Å². The molecule has 0 fully saturated rings. The number of sulfone groups is 1. The second-order valence-electron chi connectivity index (χ2n) is 9.44. The molecule has 8 nitrogen and oxygen atoms in total. The first-order chi connectivity index (χ1) is 19.6. The molecule has 0 saturated carbocycles. The largest absolute Gasteiger partial charge is 0.434 e. The number of aliphatic hydroxyl groups excluding tert-OH is 1. The Balaban J connectivity index is 1.92. The van der Waals surface area contributed by atoms with Crippen LogP contribution in [0.5, 0.6) is 0 Å². The number of aliphatic hydroxyl groups is 1. The number of halogens is 5. The highest BCUT2D eigenvalue weighted by Crippen LogP contribution is 2.37. The molecule has 0 spiro atoms. The summed E-state index contributed by atoms with van der Waals surface area (Å²) < 4.78 is 66.7. The van der Waals surface area contributed by atoms with E-state index in [0.717, 1.165) is 18.0 Å². The summed E-state index contributed by atoms with van der Waals surface area (Å²) in [4.78, 5) is 3.51. The Morgan fingerprint density at radius 3 is 2.31 bits per heavy atom. The summed E-state index contributed by atoms with van der Waals surface area (Å²) in [6.45, 7) is 0.825. The molecule has 1 aromatic heterocycles. The molecule has 3 aromatic carbocycles. The van der Waals surface area contributed by atoms with Crippen molar-refractivity contribution in [1.29, 1.82) is 0 Å². The number of imidazole rings is 1. The van der Waals surface area contributed by atoms with Gasteiger partial charge in [0.15, 0.2) is 15.5 Å². The van der Waals surface area contributed by atoms with Crippen LogP contribution in [-0.4, -0.2) is 29.3 Å². The average Bonchev–Trinajstić information content (AvgIpc) is 3.33. The zero-order valence-electron chi connectivity index (χ0n) is 22.3. The van der Waals surface area contributed by atoms with E-state index in [2.05, 4.69) is 4.98 Å². The monoisotopic (exact) mass is 639 g/mol. The second-order valence-corrected chi connectivity index (χ2v) is 12.3. The highest BCUT2D eigenvalue weighted by Gasteiger charge is 2.35. The van der Waals surface area contributed by atoms with Gasteiger partial charge >= 0.3 is 6.18 Å². The van der Waals surface area contributed by atoms with Crippen LogP contribution >= 0.6 is 23.2 Å². The topological polar surface area (TPSA) is 127 Å². The van der Waals surface area contributed by atoms with E-state index in [9.17, 15) is 26.7 Å². The van der Waals surface area contributed by atoms with E-state index < -0.39 is 28.3 Å². The van der Waals surface area contributed by atoms with Crippen molar-refractivity contribution in [2.24, 2.45) is 11.6 Å². The number of nitrogens with zero attached hydrogens (tertiary/aromatic N) is 3. The van der Waals surface area contributed by atoms with Crippen molar-refractivity contribution in [2.45, 2.75) is 31.0 Å². The minimum atomic E-state index is -4.68. The first kappa shape index (κ1) is 31.4. The number of aromatic nitrogens is 2. The zero-order valence-corrected chi connectivity index (χ0v) is 24.7. The Labute approximate surface area is 250 Å². The van der Waals surface area contributed by atoms with E-state index in [0.29, 0.717) is 21.8 Å². The molecular weight excluding hydrogens is 614 g/mol. The molecule has 1 heterocycles. The molecule has 222 valence electrons. The van der Waals surface area contributed by atoms with Gasteiger partial charge in [-0.1, -0.05) is 41.4 Å². The van der Waals surface area contributed by atoms with E-state index in [-0.39, 0.29) is 39.1 Å². The number of nitrogens with two attached hydrogens (primary N) is 2. The maximum atomic E-state index is 13.5. The Bertz CT molecular complexity index is 1770. The van der Waals surface area contributed by atoms with E-state index in [1.807, 2.05) is 0 Å². The van der Waals surface area contributed by atoms with Crippen molar-refractivity contribution in [3.8, 4) is 16.8 Å². The molecule has 4 aromatic rings. The quantitative estimate of drug-likeness (QED) is 0.164. The molecule has 0 aliphatic rings. The molecule has 42 heavy (non-hydrogen) atoms. The van der Waals surface area contributed by atoms with Crippen LogP contribution in [0.3, 0.4) is 0 Å². The molecule has 0 amide bonds. The smallest absolute Gasteiger partial charge is 0.403 e. The van der Waals surface area contributed by atoms with E-state index in [1.54, 1.807) is 36.4 Å². The predicted octanol–water partition coefficient (Wildman–Crippen LogP) is 5.79. The lowest BCUT2D eigenvalue weighted by atomic mass is 10.0. The number of anilines is 1. The molecule has 0 aliphatic carbocycles. The maximum Gasteiger partial charge on any atom is 0.434 e. The second kappa shape index (κ2) is 12.0. The lowest BCUT2D eigenvalue weighted by molar-refractivity contribution is -0.141. The summed E-state index contributed by atoms with van der Waals surface area (Å²) in [5.41, 5.74) is 7.41. The number of aryl methyl sites for hydroxylation is 1. The first-order valence-electron chi connectivity index (χ1n) is 12.3. The van der Waals surface area contributed by atoms with Crippen molar-refractivity contribution in [3.05, 3.63) is 105 Å². The minimum Gasteiger partial charge on any atom is -0.403 e. The van der Waals surface area contributed by atoms with Crippen molar-refractivity contribution >= 4 is 38.7 Å². The molecule has 0 saturated heterocycles. The molecule has 14 heteroatoms. The van der Waals surface area contributed by atoms with Crippen LogP contribution in [-0.2, 0) is 29.0 Å². The SMILES string of the molecule is Cc1nc(C(F)(F)F)cn1-c1ccc(-c2cc(Cl)c(CO)c(S(C)(=O)=O)c2)cc1N(N)/C(=C\N)Cc1ccc(Cl)cc1. The third-order valence-electron chi connectivity index (χ3n) is 6.51. The van der Waals surface area contributed by atoms with Crippen LogP contribution in [0.15, 0.2) is 77.6 Å². The standard InChI is InChI=1S/C28H26Cl2F3N5O3S/c1-16-36-27(28(31,32)33)14-37(16)24-8-5-18(19-10-23(30)22(15-39)26(12-19)42(2,40)41)11-25(24)38(35)21(13-34)9-17-3-6-20(29)7-4-17/h3-8,10-14,39H,9,15,34-35H2,1-2H3/b21-13-. The normalized spacial score (nSPS) is 12.5. The van der Waals surface area contributed by atoms with Crippen molar-refractivity contribution < 1.29 is 26.7 Å². The predicted molar refractivity (Wildman–Crippen MR) is 157 cm³/mol. The Kier molecular flexibility index (Phi) is 8.95. The zero-order chi connectivity index (χ0) is 31.0. The molecule has 0 unspecified atom stereocenters. The fourth-order valence-corrected chi connectivity index (χ4v) is 5.83. The lowest BCUT2D eigenvalue weighted by Gasteiger charge is -2.26. The van der Waals surface area contributed by atoms with E-state index in [4.69, 9.17) is 34.8 Å². The van der Waals surface area contributed by atoms with E-state index in [1.165, 1.54) is 40.9 Å². The van der Waals surface area contributed by atoms with Crippen molar-refractivity contribution in [1.82, 2.24) is 9.55 Å². The first-order valence-corrected chi connectivity index (χ1v) is 14.9. The third kappa shape index (κ3) is 6.58. The van der Waals surface area contributed by atoms with Crippen molar-refractivity contribution in [2.75, 3.05) is 11.3 Å². The molecular formula is C28H26Cl2F3N5O3S. The number of allylic oxidation sites excluding steroid dienone is 1. The van der Waals surface area contributed by atoms with Gasteiger partial charge in [-0.25, -0.2) is 19.2 Å². The summed E-state index contributed by atoms with van der Waals surface area (Å²) in [5, 5.41) is 11.5. The van der Waals surface area contributed by atoms with Crippen LogP contribution in [0.2, 0.25) is 10.0 Å². The van der Waals surface area contributed by atoms with Gasteiger partial charge in [-0.05, 0) is 60.0 Å². The molecule has 0 atom stereocenters. The lowest BCUT2D eigenvalue weighted by Crippen LogP contribution is -2.33. The summed E-state index contributed by atoms with van der Waals surface area (Å²) in [7, 11) is -3.78. The Morgan fingerprint density at radius 1 is 1.10 bits per heavy atom. The van der Waals surface area contributed by atoms with Crippen LogP contribution in [0.1, 0.15) is 22.6 Å². The number of benzene rings is 3. The Hall–Kier alpha value is -3.55. The van der Waals surface area contributed by atoms with Gasteiger partial charge in [0.1, 0.15) is 5.82 Å². The van der Waals surface area contributed by atoms with Crippen LogP contribution in [0.25, 0.3) is 16.8 Å². The average molecular weight is 641 g/mol. The fourth-order valence-electron chi connectivity index (χ4n) is 4.41. The highest BCUT2D eigenvalue weighted by molar-refractivity contribution is 7.90.